The largest absolute Gasteiger partial charge is 0.332 e. The Labute approximate surface area is 106 Å². The molecular weight excluding hydrogens is 232 g/mol. The van der Waals surface area contributed by atoms with E-state index >= 15 is 0 Å². The highest BCUT2D eigenvalue weighted by Gasteiger charge is 2.39. The second-order valence-corrected chi connectivity index (χ2v) is 4.71. The van der Waals surface area contributed by atoms with Crippen molar-refractivity contribution in [1.29, 1.82) is 0 Å². The molecule has 0 saturated carbocycles. The summed E-state index contributed by atoms with van der Waals surface area (Å²) in [6, 6.07) is 1.03. The number of amides is 2. The zero-order valence-electron chi connectivity index (χ0n) is 11.1. The molecule has 2 atom stereocenters. The van der Waals surface area contributed by atoms with Crippen LogP contribution in [-0.2, 0) is 23.2 Å². The van der Waals surface area contributed by atoms with Gasteiger partial charge in [-0.25, -0.2) is 0 Å². The normalized spacial score (nSPS) is 24.9. The van der Waals surface area contributed by atoms with Gasteiger partial charge in [-0.15, -0.1) is 0 Å². The van der Waals surface area contributed by atoms with Gasteiger partial charge in [0.2, 0.25) is 11.8 Å². The third kappa shape index (κ3) is 1.87. The number of carbonyl (C=O) groups is 2. The van der Waals surface area contributed by atoms with Crippen molar-refractivity contribution in [3.05, 3.63) is 18.0 Å². The van der Waals surface area contributed by atoms with Crippen LogP contribution in [0.1, 0.15) is 19.5 Å². The summed E-state index contributed by atoms with van der Waals surface area (Å²) in [5.41, 5.74) is 0.916. The first kappa shape index (κ1) is 12.6. The molecule has 98 valence electrons. The maximum Gasteiger partial charge on any atom is 0.246 e. The third-order valence-corrected chi connectivity index (χ3v) is 3.65. The molecular formula is C12H18N4O2. The minimum Gasteiger partial charge on any atom is -0.332 e. The van der Waals surface area contributed by atoms with Crippen LogP contribution in [0, 0.1) is 0 Å². The van der Waals surface area contributed by atoms with Crippen molar-refractivity contribution in [3.63, 3.8) is 0 Å². The molecule has 1 saturated heterocycles. The lowest BCUT2D eigenvalue weighted by Crippen LogP contribution is -2.61. The first-order chi connectivity index (χ1) is 8.43. The number of nitrogens with zero attached hydrogens (tertiary/aromatic N) is 4. The fraction of sp³-hybridized carbons (Fsp3) is 0.583. The van der Waals surface area contributed by atoms with E-state index in [0.717, 1.165) is 5.69 Å². The molecule has 0 aromatic carbocycles. The van der Waals surface area contributed by atoms with E-state index in [4.69, 9.17) is 0 Å². The van der Waals surface area contributed by atoms with Crippen LogP contribution in [0.25, 0.3) is 0 Å². The minimum absolute atomic E-state index is 0.0224. The fourth-order valence-electron chi connectivity index (χ4n) is 2.16. The highest BCUT2D eigenvalue weighted by molar-refractivity contribution is 5.96. The number of hydrogen-bond donors (Lipinski definition) is 0. The van der Waals surface area contributed by atoms with E-state index in [-0.39, 0.29) is 11.8 Å². The molecule has 2 amide bonds. The van der Waals surface area contributed by atoms with E-state index in [1.165, 1.54) is 4.90 Å². The van der Waals surface area contributed by atoms with Crippen molar-refractivity contribution in [2.24, 2.45) is 7.05 Å². The summed E-state index contributed by atoms with van der Waals surface area (Å²) < 4.78 is 1.72. The van der Waals surface area contributed by atoms with E-state index < -0.39 is 12.1 Å². The summed E-state index contributed by atoms with van der Waals surface area (Å²) in [7, 11) is 3.49. The number of hydrogen-bond acceptors (Lipinski definition) is 3. The van der Waals surface area contributed by atoms with Gasteiger partial charge in [-0.05, 0) is 19.9 Å². The zero-order valence-corrected chi connectivity index (χ0v) is 11.1. The second-order valence-electron chi connectivity index (χ2n) is 4.71. The summed E-state index contributed by atoms with van der Waals surface area (Å²) in [4.78, 5) is 27.4. The molecule has 0 unspecified atom stereocenters. The van der Waals surface area contributed by atoms with Gasteiger partial charge in [0.25, 0.3) is 0 Å². The molecule has 6 nitrogen and oxygen atoms in total. The summed E-state index contributed by atoms with van der Waals surface area (Å²) in [6.45, 7) is 3.93. The Morgan fingerprint density at radius 3 is 2.39 bits per heavy atom. The molecule has 1 fully saturated rings. The highest BCUT2D eigenvalue weighted by Crippen LogP contribution is 2.18. The maximum absolute atomic E-state index is 12.2. The Hall–Kier alpha value is -1.85. The zero-order chi connectivity index (χ0) is 13.4. The standard InChI is InChI=1S/C12H18N4O2/c1-8-12(18)16(9(2)11(17)14(8)3)7-10-5-6-13-15(10)4/h5-6,8-9H,7H2,1-4H3/t8-,9-/m0/s1. The highest BCUT2D eigenvalue weighted by atomic mass is 16.2. The topological polar surface area (TPSA) is 58.4 Å². The summed E-state index contributed by atoms with van der Waals surface area (Å²) in [5.74, 6) is -0.0462. The van der Waals surface area contributed by atoms with Crippen LogP contribution in [0.15, 0.2) is 12.3 Å². The lowest BCUT2D eigenvalue weighted by molar-refractivity contribution is -0.159. The first-order valence-corrected chi connectivity index (χ1v) is 5.97. The van der Waals surface area contributed by atoms with Crippen LogP contribution >= 0.6 is 0 Å². The summed E-state index contributed by atoms with van der Waals surface area (Å²) in [5, 5.41) is 4.07. The van der Waals surface area contributed by atoms with Gasteiger partial charge in [-0.1, -0.05) is 0 Å². The third-order valence-electron chi connectivity index (χ3n) is 3.65. The van der Waals surface area contributed by atoms with Crippen LogP contribution in [0.4, 0.5) is 0 Å². The van der Waals surface area contributed by atoms with E-state index in [9.17, 15) is 9.59 Å². The predicted octanol–water partition coefficient (Wildman–Crippen LogP) is -0.00230. The molecule has 0 spiro atoms. The summed E-state index contributed by atoms with van der Waals surface area (Å²) >= 11 is 0. The Kier molecular flexibility index (Phi) is 3.11. The Balaban J connectivity index is 2.24. The first-order valence-electron chi connectivity index (χ1n) is 5.97. The molecule has 2 rings (SSSR count). The molecule has 0 N–H and O–H groups in total. The van der Waals surface area contributed by atoms with Gasteiger partial charge in [0.1, 0.15) is 12.1 Å². The molecule has 6 heteroatoms. The van der Waals surface area contributed by atoms with Crippen LogP contribution in [-0.4, -0.2) is 50.5 Å². The average Bonchev–Trinajstić information content (AvgIpc) is 2.75. The van der Waals surface area contributed by atoms with Crippen LogP contribution in [0.3, 0.4) is 0 Å². The Morgan fingerprint density at radius 1 is 1.17 bits per heavy atom. The van der Waals surface area contributed by atoms with E-state index in [0.29, 0.717) is 6.54 Å². The van der Waals surface area contributed by atoms with Crippen LogP contribution in [0.2, 0.25) is 0 Å². The summed E-state index contributed by atoms with van der Waals surface area (Å²) in [6.07, 6.45) is 1.69. The molecule has 18 heavy (non-hydrogen) atoms. The fourth-order valence-corrected chi connectivity index (χ4v) is 2.16. The van der Waals surface area contributed by atoms with Gasteiger partial charge in [-0.2, -0.15) is 5.10 Å². The number of carbonyl (C=O) groups excluding carboxylic acids is 2. The smallest absolute Gasteiger partial charge is 0.246 e. The van der Waals surface area contributed by atoms with Crippen molar-refractivity contribution in [2.45, 2.75) is 32.5 Å². The molecule has 0 radical (unpaired) electrons. The van der Waals surface area contributed by atoms with Crippen LogP contribution in [0.5, 0.6) is 0 Å². The van der Waals surface area contributed by atoms with Crippen molar-refractivity contribution >= 4 is 11.8 Å². The lowest BCUT2D eigenvalue weighted by atomic mass is 10.1. The van der Waals surface area contributed by atoms with E-state index in [1.807, 2.05) is 13.1 Å². The van der Waals surface area contributed by atoms with Crippen molar-refractivity contribution in [3.8, 4) is 0 Å². The van der Waals surface area contributed by atoms with Gasteiger partial charge >= 0.3 is 0 Å². The van der Waals surface area contributed by atoms with Crippen molar-refractivity contribution in [2.75, 3.05) is 7.05 Å². The van der Waals surface area contributed by atoms with E-state index in [2.05, 4.69) is 5.10 Å². The van der Waals surface area contributed by atoms with Gasteiger partial charge in [-0.3, -0.25) is 14.3 Å². The van der Waals surface area contributed by atoms with E-state index in [1.54, 1.807) is 36.7 Å². The monoisotopic (exact) mass is 250 g/mol. The molecule has 0 bridgehead atoms. The van der Waals surface area contributed by atoms with Gasteiger partial charge in [0.15, 0.2) is 0 Å². The molecule has 1 aliphatic rings. The quantitative estimate of drug-likeness (QED) is 0.742. The number of likely N-dealkylation sites (N-methyl/N-ethyl adjacent to an activating group) is 1. The average molecular weight is 250 g/mol. The minimum atomic E-state index is -0.423. The number of rotatable bonds is 2. The molecule has 1 aliphatic heterocycles. The lowest BCUT2D eigenvalue weighted by Gasteiger charge is -2.41. The Morgan fingerprint density at radius 2 is 1.83 bits per heavy atom. The predicted molar refractivity (Wildman–Crippen MR) is 65.5 cm³/mol. The number of piperazine rings is 1. The SMILES string of the molecule is C[C@H]1C(=O)N(Cc2ccnn2C)[C@@H](C)C(=O)N1C. The number of aryl methyl sites for hydroxylation is 1. The van der Waals surface area contributed by atoms with Crippen molar-refractivity contribution in [1.82, 2.24) is 19.6 Å². The maximum atomic E-state index is 12.2. The molecule has 2 heterocycles. The second kappa shape index (κ2) is 4.44. The molecule has 0 aliphatic carbocycles. The van der Waals surface area contributed by atoms with Gasteiger partial charge < -0.3 is 9.80 Å². The van der Waals surface area contributed by atoms with Gasteiger partial charge in [0.05, 0.1) is 12.2 Å². The van der Waals surface area contributed by atoms with Gasteiger partial charge in [0, 0.05) is 20.3 Å². The molecule has 1 aromatic heterocycles. The van der Waals surface area contributed by atoms with Crippen molar-refractivity contribution < 1.29 is 9.59 Å². The molecule has 1 aromatic rings. The Bertz CT molecular complexity index is 482. The van der Waals surface area contributed by atoms with Crippen LogP contribution < -0.4 is 0 Å². The number of aromatic nitrogens is 2.